The maximum Gasteiger partial charge on any atom is 0.325 e. The molecule has 224 valence electrons. The number of aryl methyl sites for hydroxylation is 2. The Morgan fingerprint density at radius 1 is 1.24 bits per heavy atom. The molecule has 1 fully saturated rings. The third kappa shape index (κ3) is 6.57. The van der Waals surface area contributed by atoms with Crippen LogP contribution in [0.3, 0.4) is 0 Å². The van der Waals surface area contributed by atoms with Crippen molar-refractivity contribution in [3.8, 4) is 0 Å². The fraction of sp³-hybridized carbons (Fsp3) is 0.625. The molecule has 2 aromatic rings. The molecule has 0 spiro atoms. The standard InChI is InChI=1S/C32H43F2N3O4/c1-31(2,40-3)27-18-26-22(20-41-27)8-6-11-25(26)28(30(38)39)37-17-14-23(19-37)32(33,34)15-5-4-10-24-13-12-21-9-7-16-35-29(21)36-24/h6,8,11-13,23,27-28H,4-5,7,9-10,14-20H2,1-3H3,(H,35,36)(H,38,39)/t23?,27-,28+/m0/s1. The summed E-state index contributed by atoms with van der Waals surface area (Å²) in [6.45, 7) is 5.59. The van der Waals surface area contributed by atoms with Crippen molar-refractivity contribution < 1.29 is 28.2 Å². The largest absolute Gasteiger partial charge is 0.480 e. The second-order valence-electron chi connectivity index (χ2n) is 12.3. The van der Waals surface area contributed by atoms with Gasteiger partial charge in [0.25, 0.3) is 5.92 Å². The van der Waals surface area contributed by atoms with E-state index in [1.54, 1.807) is 12.0 Å². The van der Waals surface area contributed by atoms with Gasteiger partial charge in [-0.3, -0.25) is 9.69 Å². The third-order valence-electron chi connectivity index (χ3n) is 9.30. The topological polar surface area (TPSA) is 83.9 Å². The number of carbonyl (C=O) groups is 1. The van der Waals surface area contributed by atoms with Crippen molar-refractivity contribution >= 4 is 11.8 Å². The zero-order valence-electron chi connectivity index (χ0n) is 24.4. The quantitative estimate of drug-likeness (QED) is 0.330. The number of unbranched alkanes of at least 4 members (excludes halogenated alkanes) is 1. The molecule has 0 saturated carbocycles. The summed E-state index contributed by atoms with van der Waals surface area (Å²) in [4.78, 5) is 19.0. The number of benzene rings is 1. The Morgan fingerprint density at radius 2 is 2.07 bits per heavy atom. The molecule has 1 saturated heterocycles. The maximum absolute atomic E-state index is 15.4. The van der Waals surface area contributed by atoms with Crippen LogP contribution in [0.5, 0.6) is 0 Å². The van der Waals surface area contributed by atoms with E-state index in [1.807, 2.05) is 38.1 Å². The second-order valence-corrected chi connectivity index (χ2v) is 12.3. The molecule has 1 aromatic carbocycles. The molecule has 7 nitrogen and oxygen atoms in total. The predicted molar refractivity (Wildman–Crippen MR) is 153 cm³/mol. The SMILES string of the molecule is COC(C)(C)[C@@H]1Cc2c(cccc2[C@H](C(=O)O)N2CCC(C(F)(F)CCCCc3ccc4c(n3)NCCC4)C2)CO1. The van der Waals surface area contributed by atoms with Gasteiger partial charge in [-0.2, -0.15) is 0 Å². The lowest BCUT2D eigenvalue weighted by atomic mass is 9.85. The number of likely N-dealkylation sites (tertiary alicyclic amines) is 1. The highest BCUT2D eigenvalue weighted by Crippen LogP contribution is 2.41. The number of halogens is 2. The summed E-state index contributed by atoms with van der Waals surface area (Å²) in [7, 11) is 1.64. The van der Waals surface area contributed by atoms with Gasteiger partial charge in [0.2, 0.25) is 0 Å². The average molecular weight is 572 g/mol. The van der Waals surface area contributed by atoms with E-state index in [2.05, 4.69) is 16.4 Å². The highest BCUT2D eigenvalue weighted by atomic mass is 19.3. The van der Waals surface area contributed by atoms with Crippen LogP contribution in [0.4, 0.5) is 14.6 Å². The molecule has 1 aromatic heterocycles. The van der Waals surface area contributed by atoms with E-state index < -0.39 is 29.5 Å². The average Bonchev–Trinajstić information content (AvgIpc) is 3.46. The van der Waals surface area contributed by atoms with Gasteiger partial charge in [0.05, 0.1) is 18.3 Å². The van der Waals surface area contributed by atoms with Crippen LogP contribution in [-0.4, -0.2) is 65.3 Å². The first-order valence-corrected chi connectivity index (χ1v) is 14.9. The zero-order valence-corrected chi connectivity index (χ0v) is 24.4. The fourth-order valence-electron chi connectivity index (χ4n) is 6.54. The molecular formula is C32H43F2N3O4. The van der Waals surface area contributed by atoms with Crippen molar-refractivity contribution in [1.82, 2.24) is 9.88 Å². The number of ether oxygens (including phenoxy) is 2. The minimum absolute atomic E-state index is 0.0647. The molecule has 1 unspecified atom stereocenters. The summed E-state index contributed by atoms with van der Waals surface area (Å²) in [6.07, 6.45) is 4.21. The van der Waals surface area contributed by atoms with Crippen LogP contribution in [0.25, 0.3) is 0 Å². The van der Waals surface area contributed by atoms with Crippen LogP contribution in [0, 0.1) is 5.92 Å². The molecule has 0 bridgehead atoms. The smallest absolute Gasteiger partial charge is 0.325 e. The minimum Gasteiger partial charge on any atom is -0.480 e. The Kier molecular flexibility index (Phi) is 8.97. The van der Waals surface area contributed by atoms with Gasteiger partial charge in [0.15, 0.2) is 0 Å². The Bertz CT molecular complexity index is 1240. The number of pyridine rings is 1. The van der Waals surface area contributed by atoms with Gasteiger partial charge in [-0.15, -0.1) is 0 Å². The number of aromatic nitrogens is 1. The van der Waals surface area contributed by atoms with E-state index in [9.17, 15) is 9.90 Å². The molecule has 5 rings (SSSR count). The molecule has 3 aliphatic heterocycles. The van der Waals surface area contributed by atoms with Crippen molar-refractivity contribution in [2.24, 2.45) is 5.92 Å². The second kappa shape index (κ2) is 12.3. The predicted octanol–water partition coefficient (Wildman–Crippen LogP) is 5.80. The lowest BCUT2D eigenvalue weighted by Crippen LogP contribution is -2.44. The number of carboxylic acid groups (broad SMARTS) is 1. The van der Waals surface area contributed by atoms with Crippen LogP contribution in [0.1, 0.15) is 79.9 Å². The number of nitrogens with zero attached hydrogens (tertiary/aromatic N) is 2. The first-order chi connectivity index (χ1) is 19.6. The highest BCUT2D eigenvalue weighted by molar-refractivity contribution is 5.76. The fourth-order valence-corrected chi connectivity index (χ4v) is 6.54. The number of hydrogen-bond acceptors (Lipinski definition) is 6. The summed E-state index contributed by atoms with van der Waals surface area (Å²) in [6, 6.07) is 8.75. The summed E-state index contributed by atoms with van der Waals surface area (Å²) >= 11 is 0. The Balaban J connectivity index is 1.21. The van der Waals surface area contributed by atoms with Crippen LogP contribution >= 0.6 is 0 Å². The third-order valence-corrected chi connectivity index (χ3v) is 9.30. The number of hydrogen-bond donors (Lipinski definition) is 2. The van der Waals surface area contributed by atoms with E-state index in [-0.39, 0.29) is 25.5 Å². The number of alkyl halides is 2. The van der Waals surface area contributed by atoms with Crippen molar-refractivity contribution in [1.29, 1.82) is 0 Å². The Labute approximate surface area is 241 Å². The van der Waals surface area contributed by atoms with Crippen LogP contribution < -0.4 is 5.32 Å². The van der Waals surface area contributed by atoms with Crippen molar-refractivity contribution in [2.75, 3.05) is 32.1 Å². The van der Waals surface area contributed by atoms with Crippen LogP contribution in [-0.2, 0) is 40.1 Å². The Hall–Kier alpha value is -2.62. The number of methoxy groups -OCH3 is 1. The lowest BCUT2D eigenvalue weighted by molar-refractivity contribution is -0.143. The summed E-state index contributed by atoms with van der Waals surface area (Å²) < 4.78 is 42.5. The molecule has 2 N–H and O–H groups in total. The molecule has 0 aliphatic carbocycles. The summed E-state index contributed by atoms with van der Waals surface area (Å²) in [5.74, 6) is -3.79. The summed E-state index contributed by atoms with van der Waals surface area (Å²) in [5.41, 5.74) is 4.17. The van der Waals surface area contributed by atoms with Crippen molar-refractivity contribution in [3.63, 3.8) is 0 Å². The molecule has 41 heavy (non-hydrogen) atoms. The van der Waals surface area contributed by atoms with Gasteiger partial charge >= 0.3 is 5.97 Å². The van der Waals surface area contributed by atoms with Gasteiger partial charge in [0, 0.05) is 44.7 Å². The first-order valence-electron chi connectivity index (χ1n) is 14.9. The van der Waals surface area contributed by atoms with Crippen molar-refractivity contribution in [2.45, 2.75) is 95.5 Å². The van der Waals surface area contributed by atoms with E-state index in [1.165, 1.54) is 5.56 Å². The normalized spacial score (nSPS) is 22.1. The Morgan fingerprint density at radius 3 is 2.85 bits per heavy atom. The minimum atomic E-state index is -2.85. The van der Waals surface area contributed by atoms with Crippen molar-refractivity contribution in [3.05, 3.63) is 58.3 Å². The number of aliphatic carboxylic acids is 1. The van der Waals surface area contributed by atoms with Gasteiger partial charge in [-0.1, -0.05) is 24.3 Å². The number of nitrogens with one attached hydrogen (secondary N) is 1. The molecule has 9 heteroatoms. The number of rotatable bonds is 11. The lowest BCUT2D eigenvalue weighted by Gasteiger charge is -2.38. The van der Waals surface area contributed by atoms with Gasteiger partial charge < -0.3 is 19.9 Å². The van der Waals surface area contributed by atoms with E-state index in [4.69, 9.17) is 9.47 Å². The maximum atomic E-state index is 15.4. The van der Waals surface area contributed by atoms with Gasteiger partial charge in [0.1, 0.15) is 11.9 Å². The number of anilines is 1. The number of carboxylic acids is 1. The van der Waals surface area contributed by atoms with E-state index in [0.717, 1.165) is 42.0 Å². The monoisotopic (exact) mass is 571 g/mol. The highest BCUT2D eigenvalue weighted by Gasteiger charge is 2.46. The zero-order chi connectivity index (χ0) is 29.2. The molecule has 3 atom stereocenters. The number of fused-ring (bicyclic) bond motifs is 2. The van der Waals surface area contributed by atoms with Gasteiger partial charge in [-0.05, 0) is 87.2 Å². The molecular weight excluding hydrogens is 528 g/mol. The first kappa shape index (κ1) is 29.9. The molecule has 0 radical (unpaired) electrons. The van der Waals surface area contributed by atoms with Gasteiger partial charge in [-0.25, -0.2) is 13.8 Å². The van der Waals surface area contributed by atoms with Crippen LogP contribution in [0.15, 0.2) is 30.3 Å². The van der Waals surface area contributed by atoms with E-state index >= 15 is 8.78 Å². The molecule has 4 heterocycles. The summed E-state index contributed by atoms with van der Waals surface area (Å²) in [5, 5.41) is 13.6. The molecule has 0 amide bonds. The van der Waals surface area contributed by atoms with Crippen LogP contribution in [0.2, 0.25) is 0 Å². The molecule has 3 aliphatic rings. The van der Waals surface area contributed by atoms with E-state index in [0.29, 0.717) is 44.4 Å².